The van der Waals surface area contributed by atoms with Gasteiger partial charge in [0.15, 0.2) is 0 Å². The Bertz CT molecular complexity index is 615. The fourth-order valence-corrected chi connectivity index (χ4v) is 2.50. The fraction of sp³-hybridized carbons (Fsp3) is 0.200. The highest BCUT2D eigenvalue weighted by atomic mass is 35.5. The summed E-state index contributed by atoms with van der Waals surface area (Å²) in [5.74, 6) is 0.203. The topological polar surface area (TPSA) is 29.5 Å². The van der Waals surface area contributed by atoms with Crippen LogP contribution in [0.25, 0.3) is 0 Å². The molecule has 0 fully saturated rings. The first-order valence-corrected chi connectivity index (χ1v) is 6.41. The molecule has 1 N–H and O–H groups in total. The maximum atomic E-state index is 13.2. The molecular weight excluding hydrogens is 267 g/mol. The highest BCUT2D eigenvalue weighted by Crippen LogP contribution is 2.40. The minimum atomic E-state index is -0.584. The Hall–Kier alpha value is -1.58. The van der Waals surface area contributed by atoms with E-state index in [9.17, 15) is 9.50 Å². The van der Waals surface area contributed by atoms with Crippen LogP contribution in [0.5, 0.6) is 5.75 Å². The van der Waals surface area contributed by atoms with Crippen LogP contribution in [0.4, 0.5) is 4.39 Å². The van der Waals surface area contributed by atoms with Crippen LogP contribution in [-0.2, 0) is 0 Å². The molecule has 2 aromatic rings. The van der Waals surface area contributed by atoms with Crippen molar-refractivity contribution < 1.29 is 14.2 Å². The average molecular weight is 279 g/mol. The molecule has 4 heteroatoms. The summed E-state index contributed by atoms with van der Waals surface area (Å²) in [4.78, 5) is 0. The van der Waals surface area contributed by atoms with Crippen molar-refractivity contribution in [1.29, 1.82) is 0 Å². The molecule has 0 spiro atoms. The largest absolute Gasteiger partial charge is 0.485 e. The summed E-state index contributed by atoms with van der Waals surface area (Å²) in [6.07, 6.45) is -0.472. The molecule has 1 unspecified atom stereocenters. The highest BCUT2D eigenvalue weighted by Gasteiger charge is 2.27. The summed E-state index contributed by atoms with van der Waals surface area (Å²) in [7, 11) is 0. The van der Waals surface area contributed by atoms with Gasteiger partial charge in [-0.2, -0.15) is 0 Å². The molecule has 0 radical (unpaired) electrons. The lowest BCUT2D eigenvalue weighted by atomic mass is 9.95. The molecule has 0 amide bonds. The lowest BCUT2D eigenvalue weighted by Crippen LogP contribution is -2.18. The monoisotopic (exact) mass is 278 g/mol. The molecule has 2 aromatic carbocycles. The van der Waals surface area contributed by atoms with E-state index < -0.39 is 11.9 Å². The van der Waals surface area contributed by atoms with Crippen molar-refractivity contribution in [3.05, 3.63) is 64.4 Å². The van der Waals surface area contributed by atoms with E-state index in [4.69, 9.17) is 16.3 Å². The second-order valence-corrected chi connectivity index (χ2v) is 4.98. The van der Waals surface area contributed by atoms with Crippen LogP contribution in [0, 0.1) is 5.82 Å². The van der Waals surface area contributed by atoms with Gasteiger partial charge in [-0.25, -0.2) is 4.39 Å². The summed E-state index contributed by atoms with van der Waals surface area (Å²) in [6.45, 7) is 0. The van der Waals surface area contributed by atoms with Crippen molar-refractivity contribution in [1.82, 2.24) is 0 Å². The summed E-state index contributed by atoms with van der Waals surface area (Å²) >= 11 is 5.78. The zero-order valence-electron chi connectivity index (χ0n) is 10.0. The van der Waals surface area contributed by atoms with Gasteiger partial charge >= 0.3 is 0 Å². The Labute approximate surface area is 115 Å². The van der Waals surface area contributed by atoms with Crippen LogP contribution >= 0.6 is 11.6 Å². The molecule has 0 aliphatic carbocycles. The van der Waals surface area contributed by atoms with Crippen molar-refractivity contribution in [3.63, 3.8) is 0 Å². The van der Waals surface area contributed by atoms with Crippen LogP contribution < -0.4 is 4.74 Å². The van der Waals surface area contributed by atoms with Crippen LogP contribution in [-0.4, -0.2) is 5.11 Å². The summed E-state index contributed by atoms with van der Waals surface area (Å²) in [5, 5.41) is 10.2. The SMILES string of the molecule is O[C@@H]1CC(c2ccc(F)c(Cl)c2)Oc2ccccc21. The number of para-hydroxylation sites is 1. The number of ether oxygens (including phenoxy) is 1. The normalized spacial score (nSPS) is 21.6. The standard InChI is InChI=1S/C15H12ClFO2/c16-11-7-9(5-6-12(11)17)15-8-13(18)10-3-1-2-4-14(10)19-15/h1-7,13,15,18H,8H2/t13-,15?/m1/s1. The van der Waals surface area contributed by atoms with Crippen molar-refractivity contribution in [2.24, 2.45) is 0 Å². The molecule has 1 heterocycles. The van der Waals surface area contributed by atoms with E-state index in [0.29, 0.717) is 12.2 Å². The Morgan fingerprint density at radius 2 is 2.00 bits per heavy atom. The van der Waals surface area contributed by atoms with Gasteiger partial charge in [0.2, 0.25) is 0 Å². The number of fused-ring (bicyclic) bond motifs is 1. The third-order valence-electron chi connectivity index (χ3n) is 3.30. The summed E-state index contributed by atoms with van der Waals surface area (Å²) in [6, 6.07) is 11.9. The van der Waals surface area contributed by atoms with Gasteiger partial charge in [-0.3, -0.25) is 0 Å². The molecular formula is C15H12ClFO2. The Morgan fingerprint density at radius 3 is 2.79 bits per heavy atom. The maximum Gasteiger partial charge on any atom is 0.141 e. The fourth-order valence-electron chi connectivity index (χ4n) is 2.31. The van der Waals surface area contributed by atoms with E-state index in [2.05, 4.69) is 0 Å². The molecule has 0 saturated carbocycles. The number of aliphatic hydroxyl groups is 1. The van der Waals surface area contributed by atoms with Gasteiger partial charge in [0.25, 0.3) is 0 Å². The quantitative estimate of drug-likeness (QED) is 0.853. The van der Waals surface area contributed by atoms with E-state index in [-0.39, 0.29) is 11.1 Å². The lowest BCUT2D eigenvalue weighted by Gasteiger charge is -2.29. The molecule has 19 heavy (non-hydrogen) atoms. The first-order chi connectivity index (χ1) is 9.15. The molecule has 1 aliphatic heterocycles. The van der Waals surface area contributed by atoms with Crippen molar-refractivity contribution in [3.8, 4) is 5.75 Å². The Balaban J connectivity index is 1.94. The first kappa shape index (κ1) is 12.5. The van der Waals surface area contributed by atoms with Crippen molar-refractivity contribution in [2.45, 2.75) is 18.6 Å². The molecule has 1 aliphatic rings. The Kier molecular flexibility index (Phi) is 3.17. The number of benzene rings is 2. The predicted molar refractivity (Wildman–Crippen MR) is 70.8 cm³/mol. The minimum Gasteiger partial charge on any atom is -0.485 e. The van der Waals surface area contributed by atoms with Crippen LogP contribution in [0.15, 0.2) is 42.5 Å². The van der Waals surface area contributed by atoms with Crippen LogP contribution in [0.3, 0.4) is 0 Å². The van der Waals surface area contributed by atoms with Crippen LogP contribution in [0.2, 0.25) is 5.02 Å². The third kappa shape index (κ3) is 2.31. The smallest absolute Gasteiger partial charge is 0.141 e. The average Bonchev–Trinajstić information content (AvgIpc) is 2.42. The molecule has 0 saturated heterocycles. The van der Waals surface area contributed by atoms with Gasteiger partial charge in [0.1, 0.15) is 17.7 Å². The van der Waals surface area contributed by atoms with E-state index >= 15 is 0 Å². The summed E-state index contributed by atoms with van der Waals surface area (Å²) in [5.41, 5.74) is 1.55. The van der Waals surface area contributed by atoms with E-state index in [1.54, 1.807) is 12.1 Å². The number of hydrogen-bond acceptors (Lipinski definition) is 2. The van der Waals surface area contributed by atoms with E-state index in [1.165, 1.54) is 6.07 Å². The minimum absolute atomic E-state index is 0.0643. The van der Waals surface area contributed by atoms with E-state index in [0.717, 1.165) is 11.1 Å². The zero-order valence-corrected chi connectivity index (χ0v) is 10.8. The number of rotatable bonds is 1. The van der Waals surface area contributed by atoms with Gasteiger partial charge in [-0.15, -0.1) is 0 Å². The molecule has 2 nitrogen and oxygen atoms in total. The van der Waals surface area contributed by atoms with Crippen molar-refractivity contribution >= 4 is 11.6 Å². The van der Waals surface area contributed by atoms with Gasteiger partial charge < -0.3 is 9.84 Å². The lowest BCUT2D eigenvalue weighted by molar-refractivity contribution is 0.0657. The van der Waals surface area contributed by atoms with Crippen LogP contribution in [0.1, 0.15) is 29.8 Å². The third-order valence-corrected chi connectivity index (χ3v) is 3.59. The first-order valence-electron chi connectivity index (χ1n) is 6.04. The van der Waals surface area contributed by atoms with Gasteiger partial charge in [0.05, 0.1) is 11.1 Å². The highest BCUT2D eigenvalue weighted by molar-refractivity contribution is 6.30. The Morgan fingerprint density at radius 1 is 1.21 bits per heavy atom. The second kappa shape index (κ2) is 4.83. The van der Waals surface area contributed by atoms with Crippen molar-refractivity contribution in [2.75, 3.05) is 0 Å². The number of halogens is 2. The van der Waals surface area contributed by atoms with Gasteiger partial charge in [0, 0.05) is 12.0 Å². The second-order valence-electron chi connectivity index (χ2n) is 4.57. The maximum absolute atomic E-state index is 13.2. The zero-order chi connectivity index (χ0) is 13.4. The number of aliphatic hydroxyl groups excluding tert-OH is 1. The molecule has 3 rings (SSSR count). The molecule has 0 aromatic heterocycles. The molecule has 98 valence electrons. The molecule has 0 bridgehead atoms. The van der Waals surface area contributed by atoms with Gasteiger partial charge in [-0.05, 0) is 23.8 Å². The molecule has 2 atom stereocenters. The van der Waals surface area contributed by atoms with Gasteiger partial charge in [-0.1, -0.05) is 35.9 Å². The number of hydrogen-bond donors (Lipinski definition) is 1. The summed E-state index contributed by atoms with van der Waals surface area (Å²) < 4.78 is 19.0. The predicted octanol–water partition coefficient (Wildman–Crippen LogP) is 4.04. The van der Waals surface area contributed by atoms with E-state index in [1.807, 2.05) is 24.3 Å².